The van der Waals surface area contributed by atoms with Crippen molar-refractivity contribution in [1.29, 1.82) is 0 Å². The van der Waals surface area contributed by atoms with Crippen LogP contribution in [0.5, 0.6) is 5.75 Å². The van der Waals surface area contributed by atoms with Crippen LogP contribution in [0.2, 0.25) is 5.02 Å². The van der Waals surface area contributed by atoms with Gasteiger partial charge < -0.3 is 9.84 Å². The van der Waals surface area contributed by atoms with Gasteiger partial charge in [0.2, 0.25) is 0 Å². The minimum atomic E-state index is 0.0449. The number of hydrogen-bond acceptors (Lipinski definition) is 2. The Morgan fingerprint density at radius 3 is 2.70 bits per heavy atom. The summed E-state index contributed by atoms with van der Waals surface area (Å²) in [6, 6.07) is 15.9. The van der Waals surface area contributed by atoms with Gasteiger partial charge in [0.05, 0.1) is 13.2 Å². The summed E-state index contributed by atoms with van der Waals surface area (Å²) in [5.74, 6) is 1.33. The fourth-order valence-corrected chi connectivity index (χ4v) is 3.16. The van der Waals surface area contributed by atoms with E-state index < -0.39 is 0 Å². The Labute approximate surface area is 124 Å². The van der Waals surface area contributed by atoms with Gasteiger partial charge in [0.15, 0.2) is 0 Å². The molecule has 20 heavy (non-hydrogen) atoms. The van der Waals surface area contributed by atoms with E-state index in [0.717, 1.165) is 22.8 Å². The monoisotopic (exact) mass is 288 g/mol. The molecule has 1 heterocycles. The molecule has 2 aromatic carbocycles. The third-order valence-corrected chi connectivity index (χ3v) is 4.28. The molecule has 2 nitrogen and oxygen atoms in total. The van der Waals surface area contributed by atoms with E-state index in [-0.39, 0.29) is 12.5 Å². The molecule has 0 amide bonds. The summed E-state index contributed by atoms with van der Waals surface area (Å²) in [7, 11) is 0. The molecule has 3 heteroatoms. The third kappa shape index (κ3) is 2.54. The molecule has 3 rings (SSSR count). The average Bonchev–Trinajstić information content (AvgIpc) is 2.89. The van der Waals surface area contributed by atoms with Crippen molar-refractivity contribution < 1.29 is 9.84 Å². The van der Waals surface area contributed by atoms with E-state index in [9.17, 15) is 5.11 Å². The number of rotatable bonds is 4. The Kier molecular flexibility index (Phi) is 3.95. The van der Waals surface area contributed by atoms with Gasteiger partial charge in [-0.2, -0.15) is 0 Å². The van der Waals surface area contributed by atoms with E-state index in [1.165, 1.54) is 5.56 Å². The van der Waals surface area contributed by atoms with Gasteiger partial charge >= 0.3 is 0 Å². The maximum absolute atomic E-state index is 9.71. The van der Waals surface area contributed by atoms with Crippen LogP contribution in [0.1, 0.15) is 29.4 Å². The van der Waals surface area contributed by atoms with E-state index in [1.54, 1.807) is 0 Å². The molecule has 0 fully saturated rings. The molecule has 0 spiro atoms. The summed E-state index contributed by atoms with van der Waals surface area (Å²) in [5, 5.41) is 10.4. The van der Waals surface area contributed by atoms with Crippen LogP contribution in [0.4, 0.5) is 0 Å². The molecule has 104 valence electrons. The molecule has 1 aliphatic rings. The second-order valence-corrected chi connectivity index (χ2v) is 5.59. The van der Waals surface area contributed by atoms with Crippen LogP contribution in [-0.2, 0) is 0 Å². The first-order chi connectivity index (χ1) is 9.79. The number of fused-ring (bicyclic) bond motifs is 1. The summed E-state index contributed by atoms with van der Waals surface area (Å²) in [5.41, 5.74) is 2.25. The van der Waals surface area contributed by atoms with Crippen LogP contribution < -0.4 is 4.74 Å². The van der Waals surface area contributed by atoms with Gasteiger partial charge in [-0.05, 0) is 24.1 Å². The largest absolute Gasteiger partial charge is 0.493 e. The topological polar surface area (TPSA) is 29.5 Å². The van der Waals surface area contributed by atoms with Crippen molar-refractivity contribution in [3.63, 3.8) is 0 Å². The number of aliphatic hydroxyl groups is 1. The molecule has 1 N–H and O–H groups in total. The fourth-order valence-electron chi connectivity index (χ4n) is 2.87. The molecule has 0 saturated carbocycles. The predicted octanol–water partition coefficient (Wildman–Crippen LogP) is 3.98. The number of hydrogen-bond donors (Lipinski definition) is 1. The van der Waals surface area contributed by atoms with E-state index >= 15 is 0 Å². The van der Waals surface area contributed by atoms with Crippen LogP contribution >= 0.6 is 11.6 Å². The van der Waals surface area contributed by atoms with Crippen molar-refractivity contribution in [3.8, 4) is 5.75 Å². The lowest BCUT2D eigenvalue weighted by molar-refractivity contribution is 0.243. The normalized spacial score (nSPS) is 18.4. The van der Waals surface area contributed by atoms with Gasteiger partial charge in [0, 0.05) is 22.4 Å². The molecule has 0 radical (unpaired) electrons. The summed E-state index contributed by atoms with van der Waals surface area (Å²) in [6.07, 6.45) is 0.844. The molecule has 1 aliphatic heterocycles. The maximum atomic E-state index is 9.71. The number of ether oxygens (including phenoxy) is 1. The molecule has 0 saturated heterocycles. The highest BCUT2D eigenvalue weighted by molar-refractivity contribution is 6.31. The zero-order valence-corrected chi connectivity index (χ0v) is 11.9. The Bertz CT molecular complexity index is 597. The molecule has 0 aliphatic carbocycles. The van der Waals surface area contributed by atoms with Crippen LogP contribution in [0.25, 0.3) is 0 Å². The van der Waals surface area contributed by atoms with Crippen molar-refractivity contribution in [2.24, 2.45) is 0 Å². The first kappa shape index (κ1) is 13.5. The fraction of sp³-hybridized carbons (Fsp3) is 0.294. The third-order valence-electron chi connectivity index (χ3n) is 3.93. The maximum Gasteiger partial charge on any atom is 0.122 e. The van der Waals surface area contributed by atoms with Gasteiger partial charge in [0.1, 0.15) is 5.75 Å². The minimum Gasteiger partial charge on any atom is -0.493 e. The van der Waals surface area contributed by atoms with Crippen LogP contribution in [-0.4, -0.2) is 18.3 Å². The van der Waals surface area contributed by atoms with E-state index in [2.05, 4.69) is 6.07 Å². The lowest BCUT2D eigenvalue weighted by Gasteiger charge is -2.19. The molecular weight excluding hydrogens is 272 g/mol. The zero-order chi connectivity index (χ0) is 13.9. The molecule has 2 unspecified atom stereocenters. The molecular formula is C17H17ClO2. The SMILES string of the molecule is OCC(CC1COc2ccccc21)c1ccccc1Cl. The predicted molar refractivity (Wildman–Crippen MR) is 80.6 cm³/mol. The van der Waals surface area contributed by atoms with Gasteiger partial charge in [-0.15, -0.1) is 0 Å². The van der Waals surface area contributed by atoms with Gasteiger partial charge in [-0.25, -0.2) is 0 Å². The minimum absolute atomic E-state index is 0.0449. The lowest BCUT2D eigenvalue weighted by atomic mass is 9.86. The number of para-hydroxylation sites is 1. The highest BCUT2D eigenvalue weighted by Crippen LogP contribution is 2.40. The van der Waals surface area contributed by atoms with Crippen LogP contribution in [0, 0.1) is 0 Å². The summed E-state index contributed by atoms with van der Waals surface area (Å²) >= 11 is 6.24. The van der Waals surface area contributed by atoms with E-state index in [1.807, 2.05) is 42.5 Å². The van der Waals surface area contributed by atoms with Crippen LogP contribution in [0.3, 0.4) is 0 Å². The number of halogens is 1. The Morgan fingerprint density at radius 2 is 1.90 bits per heavy atom. The Balaban J connectivity index is 1.82. The second-order valence-electron chi connectivity index (χ2n) is 5.18. The molecule has 2 atom stereocenters. The van der Waals surface area contributed by atoms with Crippen molar-refractivity contribution in [1.82, 2.24) is 0 Å². The molecule has 0 aromatic heterocycles. The van der Waals surface area contributed by atoms with Crippen molar-refractivity contribution in [3.05, 3.63) is 64.7 Å². The van der Waals surface area contributed by atoms with Gasteiger partial charge in [-0.1, -0.05) is 48.0 Å². The Hall–Kier alpha value is -1.51. The second kappa shape index (κ2) is 5.86. The Morgan fingerprint density at radius 1 is 1.15 bits per heavy atom. The zero-order valence-electron chi connectivity index (χ0n) is 11.1. The molecule has 0 bridgehead atoms. The quantitative estimate of drug-likeness (QED) is 0.922. The summed E-state index contributed by atoms with van der Waals surface area (Å²) in [4.78, 5) is 0. The molecule has 2 aromatic rings. The van der Waals surface area contributed by atoms with E-state index in [0.29, 0.717) is 12.5 Å². The van der Waals surface area contributed by atoms with E-state index in [4.69, 9.17) is 16.3 Å². The number of aliphatic hydroxyl groups excluding tert-OH is 1. The van der Waals surface area contributed by atoms with Crippen LogP contribution in [0.15, 0.2) is 48.5 Å². The summed E-state index contributed by atoms with van der Waals surface area (Å²) < 4.78 is 5.71. The highest BCUT2D eigenvalue weighted by atomic mass is 35.5. The van der Waals surface area contributed by atoms with Gasteiger partial charge in [-0.3, -0.25) is 0 Å². The first-order valence-corrected chi connectivity index (χ1v) is 7.24. The van der Waals surface area contributed by atoms with Crippen molar-refractivity contribution in [2.45, 2.75) is 18.3 Å². The highest BCUT2D eigenvalue weighted by Gasteiger charge is 2.27. The standard InChI is InChI=1S/C17H17ClO2/c18-16-7-3-1-5-14(16)12(10-19)9-13-11-20-17-8-4-2-6-15(13)17/h1-8,12-13,19H,9-11H2. The van der Waals surface area contributed by atoms with Crippen molar-refractivity contribution >= 4 is 11.6 Å². The average molecular weight is 289 g/mol. The first-order valence-electron chi connectivity index (χ1n) is 6.86. The smallest absolute Gasteiger partial charge is 0.122 e. The van der Waals surface area contributed by atoms with Gasteiger partial charge in [0.25, 0.3) is 0 Å². The summed E-state index contributed by atoms with van der Waals surface area (Å²) in [6.45, 7) is 0.780. The van der Waals surface area contributed by atoms with Crippen molar-refractivity contribution in [2.75, 3.05) is 13.2 Å². The number of benzene rings is 2. The lowest BCUT2D eigenvalue weighted by Crippen LogP contribution is -2.11.